The highest BCUT2D eigenvalue weighted by Crippen LogP contribution is 2.24. The number of nitrogens with zero attached hydrogens (tertiary/aromatic N) is 1. The lowest BCUT2D eigenvalue weighted by Gasteiger charge is -2.10. The predicted octanol–water partition coefficient (Wildman–Crippen LogP) is 3.91. The van der Waals surface area contributed by atoms with E-state index in [0.717, 1.165) is 16.7 Å². The first-order valence-electron chi connectivity index (χ1n) is 6.55. The summed E-state index contributed by atoms with van der Waals surface area (Å²) >= 11 is 6.83. The second-order valence-electron chi connectivity index (χ2n) is 4.85. The molecule has 0 heterocycles. The molecule has 0 atom stereocenters. The van der Waals surface area contributed by atoms with Crippen molar-refractivity contribution in [3.05, 3.63) is 53.6 Å². The van der Waals surface area contributed by atoms with E-state index >= 15 is 0 Å². The van der Waals surface area contributed by atoms with Crippen LogP contribution in [0.25, 0.3) is 0 Å². The third kappa shape index (κ3) is 4.89. The Kier molecular flexibility index (Phi) is 5.56. The van der Waals surface area contributed by atoms with Crippen LogP contribution in [0.5, 0.6) is 0 Å². The van der Waals surface area contributed by atoms with Gasteiger partial charge in [-0.2, -0.15) is 0 Å². The van der Waals surface area contributed by atoms with Gasteiger partial charge in [-0.05, 0) is 60.3 Å². The van der Waals surface area contributed by atoms with Crippen LogP contribution in [-0.2, 0) is 10.0 Å². The van der Waals surface area contributed by atoms with E-state index in [1.54, 1.807) is 38.4 Å². The van der Waals surface area contributed by atoms with Gasteiger partial charge in [-0.3, -0.25) is 9.52 Å². The third-order valence-corrected chi connectivity index (χ3v) is 5.50. The lowest BCUT2D eigenvalue weighted by Crippen LogP contribution is -2.16. The molecule has 1 amide bonds. The minimum atomic E-state index is -3.67. The van der Waals surface area contributed by atoms with Gasteiger partial charge in [-0.25, -0.2) is 8.42 Å². The van der Waals surface area contributed by atoms with Gasteiger partial charge in [0.05, 0.1) is 4.90 Å². The van der Waals surface area contributed by atoms with Gasteiger partial charge in [0, 0.05) is 29.7 Å². The minimum Gasteiger partial charge on any atom is -0.339 e. The number of benzene rings is 2. The van der Waals surface area contributed by atoms with Crippen molar-refractivity contribution < 1.29 is 13.2 Å². The molecule has 0 bridgehead atoms. The standard InChI is InChI=1S/C15H15ClN2O3S2/c1-18(2)15(19)22-13-7-5-12(6-8-13)17-23(20,21)14-9-3-11(16)4-10-14/h3-10,17H,1-2H3. The molecule has 2 rings (SSSR count). The highest BCUT2D eigenvalue weighted by atomic mass is 35.5. The molecular formula is C15H15ClN2O3S2. The zero-order valence-electron chi connectivity index (χ0n) is 12.5. The Balaban J connectivity index is 2.11. The molecule has 0 saturated carbocycles. The largest absolute Gasteiger partial charge is 0.339 e. The van der Waals surface area contributed by atoms with Gasteiger partial charge in [0.15, 0.2) is 0 Å². The first-order chi connectivity index (χ1) is 10.8. The average molecular weight is 371 g/mol. The summed E-state index contributed by atoms with van der Waals surface area (Å²) in [6.45, 7) is 0. The summed E-state index contributed by atoms with van der Waals surface area (Å²) in [5.41, 5.74) is 0.418. The Morgan fingerprint density at radius 3 is 2.13 bits per heavy atom. The van der Waals surface area contributed by atoms with Gasteiger partial charge in [0.2, 0.25) is 0 Å². The molecule has 2 aromatic carbocycles. The van der Waals surface area contributed by atoms with E-state index in [0.29, 0.717) is 10.7 Å². The Hall–Kier alpha value is -1.70. The Morgan fingerprint density at radius 1 is 1.04 bits per heavy atom. The number of sulfonamides is 1. The zero-order chi connectivity index (χ0) is 17.0. The summed E-state index contributed by atoms with van der Waals surface area (Å²) in [5.74, 6) is 0. The third-order valence-electron chi connectivity index (χ3n) is 2.80. The molecule has 23 heavy (non-hydrogen) atoms. The van der Waals surface area contributed by atoms with Crippen molar-refractivity contribution in [2.45, 2.75) is 9.79 Å². The van der Waals surface area contributed by atoms with Gasteiger partial charge in [0.1, 0.15) is 0 Å². The van der Waals surface area contributed by atoms with Crippen molar-refractivity contribution in [2.24, 2.45) is 0 Å². The predicted molar refractivity (Wildman–Crippen MR) is 93.6 cm³/mol. The molecule has 5 nitrogen and oxygen atoms in total. The van der Waals surface area contributed by atoms with E-state index in [-0.39, 0.29) is 10.1 Å². The molecule has 0 fully saturated rings. The van der Waals surface area contributed by atoms with Crippen LogP contribution in [0, 0.1) is 0 Å². The molecule has 0 aliphatic rings. The summed E-state index contributed by atoms with van der Waals surface area (Å²) in [6, 6.07) is 12.5. The van der Waals surface area contributed by atoms with Crippen molar-refractivity contribution >= 4 is 44.3 Å². The quantitative estimate of drug-likeness (QED) is 0.828. The fourth-order valence-electron chi connectivity index (χ4n) is 1.61. The summed E-state index contributed by atoms with van der Waals surface area (Å²) in [7, 11) is -0.329. The molecule has 1 N–H and O–H groups in total. The lowest BCUT2D eigenvalue weighted by molar-refractivity contribution is 0.241. The molecule has 8 heteroatoms. The van der Waals surface area contributed by atoms with Gasteiger partial charge >= 0.3 is 0 Å². The monoisotopic (exact) mass is 370 g/mol. The maximum Gasteiger partial charge on any atom is 0.285 e. The van der Waals surface area contributed by atoms with Crippen LogP contribution in [0.3, 0.4) is 0 Å². The van der Waals surface area contributed by atoms with E-state index in [1.165, 1.54) is 29.2 Å². The maximum absolute atomic E-state index is 12.2. The lowest BCUT2D eigenvalue weighted by atomic mass is 10.3. The van der Waals surface area contributed by atoms with E-state index in [1.807, 2.05) is 0 Å². The van der Waals surface area contributed by atoms with E-state index in [2.05, 4.69) is 4.72 Å². The van der Waals surface area contributed by atoms with Gasteiger partial charge in [-0.15, -0.1) is 0 Å². The summed E-state index contributed by atoms with van der Waals surface area (Å²) in [5, 5.41) is 0.371. The summed E-state index contributed by atoms with van der Waals surface area (Å²) in [6.07, 6.45) is 0. The van der Waals surface area contributed by atoms with Crippen LogP contribution < -0.4 is 4.72 Å². The Morgan fingerprint density at radius 2 is 1.61 bits per heavy atom. The van der Waals surface area contributed by atoms with Crippen LogP contribution in [0.4, 0.5) is 10.5 Å². The van der Waals surface area contributed by atoms with Crippen molar-refractivity contribution in [1.29, 1.82) is 0 Å². The summed E-state index contributed by atoms with van der Waals surface area (Å²) in [4.78, 5) is 13.9. The number of halogens is 1. The second kappa shape index (κ2) is 7.25. The molecule has 0 aliphatic carbocycles. The van der Waals surface area contributed by atoms with Crippen LogP contribution in [-0.4, -0.2) is 32.7 Å². The molecule has 0 radical (unpaired) electrons. The highest BCUT2D eigenvalue weighted by molar-refractivity contribution is 8.13. The molecule has 0 aromatic heterocycles. The number of carbonyl (C=O) groups is 1. The number of anilines is 1. The molecule has 0 spiro atoms. The molecule has 2 aromatic rings. The van der Waals surface area contributed by atoms with Crippen molar-refractivity contribution in [1.82, 2.24) is 4.90 Å². The average Bonchev–Trinajstić information content (AvgIpc) is 2.49. The number of amides is 1. The van der Waals surface area contributed by atoms with Crippen molar-refractivity contribution in [3.63, 3.8) is 0 Å². The van der Waals surface area contributed by atoms with E-state index in [9.17, 15) is 13.2 Å². The van der Waals surface area contributed by atoms with E-state index < -0.39 is 10.0 Å². The number of thioether (sulfide) groups is 1. The summed E-state index contributed by atoms with van der Waals surface area (Å²) < 4.78 is 27.0. The topological polar surface area (TPSA) is 66.5 Å². The number of carbonyl (C=O) groups excluding carboxylic acids is 1. The van der Waals surface area contributed by atoms with Crippen molar-refractivity contribution in [2.75, 3.05) is 18.8 Å². The molecule has 0 aliphatic heterocycles. The second-order valence-corrected chi connectivity index (χ2v) is 7.99. The van der Waals surface area contributed by atoms with Gasteiger partial charge < -0.3 is 4.90 Å². The fourth-order valence-corrected chi connectivity index (χ4v) is 3.45. The van der Waals surface area contributed by atoms with Crippen LogP contribution >= 0.6 is 23.4 Å². The van der Waals surface area contributed by atoms with Gasteiger partial charge in [0.25, 0.3) is 15.3 Å². The first kappa shape index (κ1) is 17.7. The van der Waals surface area contributed by atoms with Gasteiger partial charge in [-0.1, -0.05) is 11.6 Å². The number of hydrogen-bond acceptors (Lipinski definition) is 4. The minimum absolute atomic E-state index is 0.0977. The smallest absolute Gasteiger partial charge is 0.285 e. The normalized spacial score (nSPS) is 11.1. The fraction of sp³-hybridized carbons (Fsp3) is 0.133. The molecule has 0 saturated heterocycles. The van der Waals surface area contributed by atoms with E-state index in [4.69, 9.17) is 11.6 Å². The number of hydrogen-bond donors (Lipinski definition) is 1. The van der Waals surface area contributed by atoms with Crippen molar-refractivity contribution in [3.8, 4) is 0 Å². The maximum atomic E-state index is 12.2. The molecule has 122 valence electrons. The molecule has 0 unspecified atom stereocenters. The Labute approximate surface area is 144 Å². The first-order valence-corrected chi connectivity index (χ1v) is 9.23. The SMILES string of the molecule is CN(C)C(=O)Sc1ccc(NS(=O)(=O)c2ccc(Cl)cc2)cc1. The number of rotatable bonds is 4. The highest BCUT2D eigenvalue weighted by Gasteiger charge is 2.14. The number of nitrogens with one attached hydrogen (secondary N) is 1. The van der Waals surface area contributed by atoms with Crippen LogP contribution in [0.15, 0.2) is 58.3 Å². The Bertz CT molecular complexity index is 788. The van der Waals surface area contributed by atoms with Crippen LogP contribution in [0.2, 0.25) is 5.02 Å². The van der Waals surface area contributed by atoms with Crippen LogP contribution in [0.1, 0.15) is 0 Å². The zero-order valence-corrected chi connectivity index (χ0v) is 14.9. The molecular weight excluding hydrogens is 356 g/mol.